The third-order valence-corrected chi connectivity index (χ3v) is 5.27. The van der Waals surface area contributed by atoms with Crippen molar-refractivity contribution in [1.29, 1.82) is 0 Å². The lowest BCUT2D eigenvalue weighted by Gasteiger charge is -2.48. The molecule has 2 nitrogen and oxygen atoms in total. The van der Waals surface area contributed by atoms with E-state index in [1.54, 1.807) is 0 Å². The molecule has 94 valence electrons. The summed E-state index contributed by atoms with van der Waals surface area (Å²) in [5.74, 6) is 3.40. The van der Waals surface area contributed by atoms with Gasteiger partial charge in [0.1, 0.15) is 0 Å². The molecular formula is C13H26N2S. The van der Waals surface area contributed by atoms with Gasteiger partial charge in [-0.3, -0.25) is 4.90 Å². The van der Waals surface area contributed by atoms with Crippen molar-refractivity contribution in [3.8, 4) is 0 Å². The summed E-state index contributed by atoms with van der Waals surface area (Å²) >= 11 is 2.12. The highest BCUT2D eigenvalue weighted by Crippen LogP contribution is 2.38. The highest BCUT2D eigenvalue weighted by Gasteiger charge is 2.38. The Balaban J connectivity index is 2.04. The summed E-state index contributed by atoms with van der Waals surface area (Å²) in [4.78, 5) is 2.67. The minimum Gasteiger partial charge on any atom is -0.327 e. The zero-order valence-corrected chi connectivity index (χ0v) is 11.7. The van der Waals surface area contributed by atoms with Crippen molar-refractivity contribution in [2.45, 2.75) is 45.7 Å². The average Bonchev–Trinajstić information content (AvgIpc) is 2.15. The first-order valence-corrected chi connectivity index (χ1v) is 7.72. The quantitative estimate of drug-likeness (QED) is 0.764. The molecule has 2 aliphatic rings. The van der Waals surface area contributed by atoms with Crippen LogP contribution in [0.1, 0.15) is 33.6 Å². The Morgan fingerprint density at radius 2 is 2.06 bits per heavy atom. The summed E-state index contributed by atoms with van der Waals surface area (Å²) in [6, 6.07) is 1.13. The molecule has 16 heavy (non-hydrogen) atoms. The Kier molecular flexibility index (Phi) is 3.87. The molecule has 2 fully saturated rings. The van der Waals surface area contributed by atoms with E-state index >= 15 is 0 Å². The minimum atomic E-state index is 0.395. The van der Waals surface area contributed by atoms with Crippen LogP contribution >= 0.6 is 11.8 Å². The first kappa shape index (κ1) is 12.7. The second kappa shape index (κ2) is 4.87. The molecule has 0 bridgehead atoms. The van der Waals surface area contributed by atoms with E-state index in [2.05, 4.69) is 37.4 Å². The molecule has 3 atom stereocenters. The molecule has 0 aromatic carbocycles. The monoisotopic (exact) mass is 242 g/mol. The molecule has 2 aliphatic heterocycles. The maximum absolute atomic E-state index is 6.16. The standard InChI is InChI=1S/C13H26N2S/c1-10-6-11(14)8-15(7-10)12-9-16-5-4-13(12,2)3/h10-12H,4-9,14H2,1-3H3. The van der Waals surface area contributed by atoms with Crippen molar-refractivity contribution in [2.75, 3.05) is 24.6 Å². The smallest absolute Gasteiger partial charge is 0.0238 e. The van der Waals surface area contributed by atoms with E-state index in [0.717, 1.165) is 18.5 Å². The van der Waals surface area contributed by atoms with Gasteiger partial charge in [0.15, 0.2) is 0 Å². The molecule has 0 radical (unpaired) electrons. The summed E-state index contributed by atoms with van der Waals surface area (Å²) in [5, 5.41) is 0. The van der Waals surface area contributed by atoms with E-state index < -0.39 is 0 Å². The van der Waals surface area contributed by atoms with Gasteiger partial charge in [0.2, 0.25) is 0 Å². The molecule has 2 rings (SSSR count). The number of thioether (sulfide) groups is 1. The van der Waals surface area contributed by atoms with Crippen LogP contribution in [0.15, 0.2) is 0 Å². The van der Waals surface area contributed by atoms with E-state index in [1.165, 1.54) is 30.9 Å². The SMILES string of the molecule is CC1CC(N)CN(C2CSCCC2(C)C)C1. The molecule has 2 N–H and O–H groups in total. The van der Waals surface area contributed by atoms with Gasteiger partial charge >= 0.3 is 0 Å². The summed E-state index contributed by atoms with van der Waals surface area (Å²) < 4.78 is 0. The Bertz CT molecular complexity index is 232. The normalized spacial score (nSPS) is 40.9. The highest BCUT2D eigenvalue weighted by atomic mass is 32.2. The fourth-order valence-electron chi connectivity index (χ4n) is 3.22. The van der Waals surface area contributed by atoms with Gasteiger partial charge in [-0.05, 0) is 29.9 Å². The molecule has 0 spiro atoms. The van der Waals surface area contributed by atoms with Gasteiger partial charge in [0.25, 0.3) is 0 Å². The van der Waals surface area contributed by atoms with Gasteiger partial charge < -0.3 is 5.73 Å². The predicted molar refractivity (Wildman–Crippen MR) is 72.8 cm³/mol. The van der Waals surface area contributed by atoms with E-state index in [-0.39, 0.29) is 0 Å². The number of piperidine rings is 1. The van der Waals surface area contributed by atoms with Crippen LogP contribution in [-0.2, 0) is 0 Å². The molecule has 3 unspecified atom stereocenters. The number of hydrogen-bond donors (Lipinski definition) is 1. The van der Waals surface area contributed by atoms with Gasteiger partial charge in [-0.2, -0.15) is 11.8 Å². The number of likely N-dealkylation sites (tertiary alicyclic amines) is 1. The predicted octanol–water partition coefficient (Wildman–Crippen LogP) is 2.19. The topological polar surface area (TPSA) is 29.3 Å². The van der Waals surface area contributed by atoms with Crippen LogP contribution in [0.2, 0.25) is 0 Å². The van der Waals surface area contributed by atoms with Crippen LogP contribution in [0.25, 0.3) is 0 Å². The minimum absolute atomic E-state index is 0.395. The average molecular weight is 242 g/mol. The second-order valence-corrected chi connectivity index (χ2v) is 7.53. The van der Waals surface area contributed by atoms with Gasteiger partial charge in [0.05, 0.1) is 0 Å². The van der Waals surface area contributed by atoms with Gasteiger partial charge in [-0.1, -0.05) is 20.8 Å². The van der Waals surface area contributed by atoms with Crippen LogP contribution in [0, 0.1) is 11.3 Å². The number of hydrogen-bond acceptors (Lipinski definition) is 3. The molecule has 0 amide bonds. The van der Waals surface area contributed by atoms with Crippen molar-refractivity contribution in [3.05, 3.63) is 0 Å². The highest BCUT2D eigenvalue weighted by molar-refractivity contribution is 7.99. The zero-order chi connectivity index (χ0) is 11.8. The maximum Gasteiger partial charge on any atom is 0.0238 e. The Hall–Kier alpha value is 0.270. The molecule has 3 heteroatoms. The first-order chi connectivity index (χ1) is 7.49. The van der Waals surface area contributed by atoms with E-state index in [9.17, 15) is 0 Å². The van der Waals surface area contributed by atoms with Crippen LogP contribution in [0.5, 0.6) is 0 Å². The fraction of sp³-hybridized carbons (Fsp3) is 1.00. The Labute approximate surface area is 104 Å². The van der Waals surface area contributed by atoms with Crippen LogP contribution < -0.4 is 5.73 Å². The van der Waals surface area contributed by atoms with Crippen molar-refractivity contribution in [2.24, 2.45) is 17.1 Å². The van der Waals surface area contributed by atoms with Crippen LogP contribution in [-0.4, -0.2) is 41.6 Å². The summed E-state index contributed by atoms with van der Waals surface area (Å²) in [5.41, 5.74) is 6.64. The molecule has 2 saturated heterocycles. The number of nitrogens with two attached hydrogens (primary N) is 1. The van der Waals surface area contributed by atoms with Crippen LogP contribution in [0.3, 0.4) is 0 Å². The zero-order valence-electron chi connectivity index (χ0n) is 10.9. The molecule has 0 aliphatic carbocycles. The number of rotatable bonds is 1. The third-order valence-electron chi connectivity index (χ3n) is 4.23. The van der Waals surface area contributed by atoms with Crippen LogP contribution in [0.4, 0.5) is 0 Å². The third kappa shape index (κ3) is 2.74. The summed E-state index contributed by atoms with van der Waals surface area (Å²) in [6.45, 7) is 9.57. The van der Waals surface area contributed by atoms with Crippen molar-refractivity contribution < 1.29 is 0 Å². The largest absolute Gasteiger partial charge is 0.327 e. The van der Waals surface area contributed by atoms with Gasteiger partial charge in [-0.25, -0.2) is 0 Å². The van der Waals surface area contributed by atoms with E-state index in [4.69, 9.17) is 5.73 Å². The molecular weight excluding hydrogens is 216 g/mol. The van der Waals surface area contributed by atoms with Crippen molar-refractivity contribution in [1.82, 2.24) is 4.90 Å². The van der Waals surface area contributed by atoms with Gasteiger partial charge in [-0.15, -0.1) is 0 Å². The summed E-state index contributed by atoms with van der Waals surface area (Å²) in [7, 11) is 0. The Morgan fingerprint density at radius 1 is 1.31 bits per heavy atom. The molecule has 0 aromatic heterocycles. The first-order valence-electron chi connectivity index (χ1n) is 6.56. The van der Waals surface area contributed by atoms with Crippen molar-refractivity contribution >= 4 is 11.8 Å². The molecule has 2 heterocycles. The summed E-state index contributed by atoms with van der Waals surface area (Å²) in [6.07, 6.45) is 2.55. The lowest BCUT2D eigenvalue weighted by Crippen LogP contribution is -2.56. The number of nitrogens with zero attached hydrogens (tertiary/aromatic N) is 1. The van der Waals surface area contributed by atoms with Crippen molar-refractivity contribution in [3.63, 3.8) is 0 Å². The second-order valence-electron chi connectivity index (χ2n) is 6.38. The lowest BCUT2D eigenvalue weighted by atomic mass is 9.80. The van der Waals surface area contributed by atoms with Gasteiger partial charge in [0, 0.05) is 30.9 Å². The Morgan fingerprint density at radius 3 is 2.69 bits per heavy atom. The van der Waals surface area contributed by atoms with E-state index in [0.29, 0.717) is 11.5 Å². The fourth-order valence-corrected chi connectivity index (χ4v) is 4.94. The lowest BCUT2D eigenvalue weighted by molar-refractivity contribution is 0.0532. The molecule has 0 aromatic rings. The molecule has 0 saturated carbocycles. The van der Waals surface area contributed by atoms with E-state index in [1.807, 2.05) is 0 Å². The maximum atomic E-state index is 6.16.